The van der Waals surface area contributed by atoms with Crippen LogP contribution in [0.4, 0.5) is 17.1 Å². The second-order valence-corrected chi connectivity index (χ2v) is 8.09. The summed E-state index contributed by atoms with van der Waals surface area (Å²) in [7, 11) is 4.83. The highest BCUT2D eigenvalue weighted by Gasteiger charge is 2.36. The standard InChI is InChI=1S/C27H28N4O4/c1-31(24(32)13-14-28)19-11-9-18(10-12-19)29-26(17-7-5-4-6-8-17)25-20-15-22(34-2)23(35-3)16-21(20)30-27(25)33/h4-12,15-16,25H,13-14,28H2,1-3H3,(H,30,33). The van der Waals surface area contributed by atoms with E-state index in [0.29, 0.717) is 35.1 Å². The van der Waals surface area contributed by atoms with E-state index in [0.717, 1.165) is 16.8 Å². The molecule has 0 bridgehead atoms. The lowest BCUT2D eigenvalue weighted by Gasteiger charge is -2.18. The molecule has 1 aliphatic heterocycles. The number of aliphatic imine (C=N–C) groups is 1. The number of carbonyl (C=O) groups is 2. The van der Waals surface area contributed by atoms with Crippen LogP contribution in [-0.4, -0.2) is 45.3 Å². The Morgan fingerprint density at radius 2 is 1.69 bits per heavy atom. The Morgan fingerprint density at radius 3 is 2.31 bits per heavy atom. The molecule has 0 saturated heterocycles. The number of methoxy groups -OCH3 is 2. The van der Waals surface area contributed by atoms with Gasteiger partial charge in [-0.3, -0.25) is 14.6 Å². The maximum Gasteiger partial charge on any atom is 0.238 e. The van der Waals surface area contributed by atoms with Crippen molar-refractivity contribution in [2.75, 3.05) is 38.0 Å². The highest BCUT2D eigenvalue weighted by molar-refractivity contribution is 6.24. The van der Waals surface area contributed by atoms with Gasteiger partial charge in [0, 0.05) is 37.5 Å². The summed E-state index contributed by atoms with van der Waals surface area (Å²) in [5.41, 5.74) is 9.77. The van der Waals surface area contributed by atoms with Gasteiger partial charge in [0.15, 0.2) is 11.5 Å². The van der Waals surface area contributed by atoms with Gasteiger partial charge in [-0.25, -0.2) is 0 Å². The van der Waals surface area contributed by atoms with Gasteiger partial charge in [0.1, 0.15) is 5.92 Å². The molecule has 3 aromatic carbocycles. The van der Waals surface area contributed by atoms with Gasteiger partial charge >= 0.3 is 0 Å². The van der Waals surface area contributed by atoms with Gasteiger partial charge in [0.2, 0.25) is 11.8 Å². The fourth-order valence-corrected chi connectivity index (χ4v) is 4.09. The van der Waals surface area contributed by atoms with Crippen molar-refractivity contribution in [3.63, 3.8) is 0 Å². The summed E-state index contributed by atoms with van der Waals surface area (Å²) in [6.07, 6.45) is 0.277. The molecule has 0 spiro atoms. The Bertz CT molecular complexity index is 1260. The number of rotatable bonds is 8. The topological polar surface area (TPSA) is 106 Å². The Balaban J connectivity index is 1.77. The van der Waals surface area contributed by atoms with Gasteiger partial charge in [-0.15, -0.1) is 0 Å². The van der Waals surface area contributed by atoms with Crippen molar-refractivity contribution in [2.24, 2.45) is 10.7 Å². The Morgan fingerprint density at radius 1 is 1.03 bits per heavy atom. The number of carbonyl (C=O) groups excluding carboxylic acids is 2. The fraction of sp³-hybridized carbons (Fsp3) is 0.222. The third kappa shape index (κ3) is 4.88. The van der Waals surface area contributed by atoms with E-state index in [1.807, 2.05) is 60.7 Å². The van der Waals surface area contributed by atoms with Gasteiger partial charge in [-0.2, -0.15) is 0 Å². The van der Waals surface area contributed by atoms with Crippen molar-refractivity contribution >= 4 is 34.6 Å². The van der Waals surface area contributed by atoms with Crippen LogP contribution < -0.4 is 25.4 Å². The minimum atomic E-state index is -0.638. The monoisotopic (exact) mass is 472 g/mol. The first-order chi connectivity index (χ1) is 17.0. The fourth-order valence-electron chi connectivity index (χ4n) is 4.09. The SMILES string of the molecule is COc1cc2c(cc1OC)C(C(=Nc1ccc(N(C)C(=O)CCN)cc1)c1ccccc1)C(=O)N2. The minimum Gasteiger partial charge on any atom is -0.493 e. The summed E-state index contributed by atoms with van der Waals surface area (Å²) in [6, 6.07) is 20.5. The van der Waals surface area contributed by atoms with Crippen LogP contribution in [0.15, 0.2) is 71.7 Å². The average molecular weight is 473 g/mol. The lowest BCUT2D eigenvalue weighted by Crippen LogP contribution is -2.27. The zero-order valence-electron chi connectivity index (χ0n) is 19.9. The minimum absolute atomic E-state index is 0.0580. The number of fused-ring (bicyclic) bond motifs is 1. The molecule has 35 heavy (non-hydrogen) atoms. The van der Waals surface area contributed by atoms with Crippen LogP contribution in [0, 0.1) is 0 Å². The molecule has 1 unspecified atom stereocenters. The number of nitrogens with zero attached hydrogens (tertiary/aromatic N) is 2. The second-order valence-electron chi connectivity index (χ2n) is 8.09. The van der Waals surface area contributed by atoms with E-state index in [1.54, 1.807) is 32.2 Å². The van der Waals surface area contributed by atoms with Gasteiger partial charge in [-0.1, -0.05) is 30.3 Å². The van der Waals surface area contributed by atoms with Crippen LogP contribution in [0.3, 0.4) is 0 Å². The zero-order valence-corrected chi connectivity index (χ0v) is 19.9. The molecule has 180 valence electrons. The molecule has 0 radical (unpaired) electrons. The van der Waals surface area contributed by atoms with Crippen LogP contribution >= 0.6 is 0 Å². The van der Waals surface area contributed by atoms with Crippen molar-refractivity contribution in [3.05, 3.63) is 77.9 Å². The van der Waals surface area contributed by atoms with E-state index in [2.05, 4.69) is 5.32 Å². The van der Waals surface area contributed by atoms with Crippen molar-refractivity contribution in [2.45, 2.75) is 12.3 Å². The highest BCUT2D eigenvalue weighted by atomic mass is 16.5. The number of ether oxygens (including phenoxy) is 2. The van der Waals surface area contributed by atoms with E-state index >= 15 is 0 Å². The van der Waals surface area contributed by atoms with E-state index < -0.39 is 5.92 Å². The summed E-state index contributed by atoms with van der Waals surface area (Å²) in [6.45, 7) is 0.299. The zero-order chi connectivity index (χ0) is 24.9. The van der Waals surface area contributed by atoms with Crippen LogP contribution in [0.1, 0.15) is 23.5 Å². The van der Waals surface area contributed by atoms with Crippen molar-refractivity contribution < 1.29 is 19.1 Å². The molecule has 8 heteroatoms. The van der Waals surface area contributed by atoms with Crippen LogP contribution in [0.25, 0.3) is 0 Å². The molecule has 0 aliphatic carbocycles. The number of nitrogens with one attached hydrogen (secondary N) is 1. The van der Waals surface area contributed by atoms with Crippen molar-refractivity contribution in [1.29, 1.82) is 0 Å². The normalized spacial score (nSPS) is 14.8. The molecular formula is C27H28N4O4. The van der Waals surface area contributed by atoms with Crippen LogP contribution in [-0.2, 0) is 9.59 Å². The predicted octanol–water partition coefficient (Wildman–Crippen LogP) is 3.87. The molecule has 8 nitrogen and oxygen atoms in total. The highest BCUT2D eigenvalue weighted by Crippen LogP contribution is 2.42. The Kier molecular flexibility index (Phi) is 7.12. The number of benzene rings is 3. The molecular weight excluding hydrogens is 444 g/mol. The quantitative estimate of drug-likeness (QED) is 0.484. The van der Waals surface area contributed by atoms with E-state index in [1.165, 1.54) is 0 Å². The molecule has 1 aliphatic rings. The molecule has 1 atom stereocenters. The summed E-state index contributed by atoms with van der Waals surface area (Å²) in [5, 5.41) is 2.95. The molecule has 0 aromatic heterocycles. The Labute approximate surface area is 204 Å². The van der Waals surface area contributed by atoms with Gasteiger partial charge < -0.3 is 25.4 Å². The van der Waals surface area contributed by atoms with Crippen molar-refractivity contribution in [1.82, 2.24) is 0 Å². The molecule has 2 amide bonds. The van der Waals surface area contributed by atoms with Crippen LogP contribution in [0.2, 0.25) is 0 Å². The first-order valence-corrected chi connectivity index (χ1v) is 11.2. The lowest BCUT2D eigenvalue weighted by molar-refractivity contribution is -0.118. The third-order valence-electron chi connectivity index (χ3n) is 5.95. The summed E-state index contributed by atoms with van der Waals surface area (Å²) >= 11 is 0. The van der Waals surface area contributed by atoms with E-state index in [4.69, 9.17) is 20.2 Å². The number of hydrogen-bond donors (Lipinski definition) is 2. The molecule has 4 rings (SSSR count). The summed E-state index contributed by atoms with van der Waals surface area (Å²) < 4.78 is 10.9. The van der Waals surface area contributed by atoms with E-state index in [-0.39, 0.29) is 18.2 Å². The number of nitrogens with two attached hydrogens (primary N) is 1. The lowest BCUT2D eigenvalue weighted by atomic mass is 9.90. The molecule has 0 saturated carbocycles. The third-order valence-corrected chi connectivity index (χ3v) is 5.95. The molecule has 0 fully saturated rings. The molecule has 3 aromatic rings. The first-order valence-electron chi connectivity index (χ1n) is 11.2. The largest absolute Gasteiger partial charge is 0.493 e. The predicted molar refractivity (Wildman–Crippen MR) is 137 cm³/mol. The maximum absolute atomic E-state index is 13.2. The summed E-state index contributed by atoms with van der Waals surface area (Å²) in [4.78, 5) is 31.8. The smallest absolute Gasteiger partial charge is 0.238 e. The number of hydrogen-bond acceptors (Lipinski definition) is 6. The first kappa shape index (κ1) is 24.0. The van der Waals surface area contributed by atoms with Gasteiger partial charge in [-0.05, 0) is 41.5 Å². The molecule has 1 heterocycles. The number of anilines is 2. The average Bonchev–Trinajstić information content (AvgIpc) is 3.21. The van der Waals surface area contributed by atoms with Gasteiger partial charge in [0.25, 0.3) is 0 Å². The van der Waals surface area contributed by atoms with Crippen LogP contribution in [0.5, 0.6) is 11.5 Å². The number of amides is 2. The second kappa shape index (κ2) is 10.4. The molecule has 3 N–H and O–H groups in total. The summed E-state index contributed by atoms with van der Waals surface area (Å²) in [5.74, 6) is 0.198. The van der Waals surface area contributed by atoms with Gasteiger partial charge in [0.05, 0.1) is 25.6 Å². The van der Waals surface area contributed by atoms with Crippen molar-refractivity contribution in [3.8, 4) is 11.5 Å². The Hall–Kier alpha value is -4.17. The maximum atomic E-state index is 13.2. The van der Waals surface area contributed by atoms with E-state index in [9.17, 15) is 9.59 Å².